The van der Waals surface area contributed by atoms with Gasteiger partial charge < -0.3 is 14.8 Å². The molecule has 8 rings (SSSR count). The molecule has 1 amide bonds. The number of carbonyl (C=O) groups excluding carboxylic acids is 1. The van der Waals surface area contributed by atoms with E-state index in [1.165, 1.54) is 86.6 Å². The Morgan fingerprint density at radius 1 is 0.854 bits per heavy atom. The van der Waals surface area contributed by atoms with Crippen molar-refractivity contribution in [2.24, 2.45) is 17.8 Å². The summed E-state index contributed by atoms with van der Waals surface area (Å²) in [5.41, 5.74) is 2.39. The van der Waals surface area contributed by atoms with Crippen LogP contribution in [0, 0.1) is 23.6 Å². The Morgan fingerprint density at radius 2 is 1.46 bits per heavy atom. The Labute approximate surface area is 239 Å². The van der Waals surface area contributed by atoms with Crippen LogP contribution < -0.4 is 19.1 Å². The van der Waals surface area contributed by atoms with Crippen molar-refractivity contribution in [2.75, 3.05) is 29.4 Å². The number of halogens is 1. The van der Waals surface area contributed by atoms with Gasteiger partial charge in [-0.1, -0.05) is 12.1 Å². The van der Waals surface area contributed by atoms with E-state index in [4.69, 9.17) is 9.47 Å². The van der Waals surface area contributed by atoms with Gasteiger partial charge in [0.25, 0.3) is 10.0 Å². The van der Waals surface area contributed by atoms with E-state index in [-0.39, 0.29) is 16.0 Å². The Morgan fingerprint density at radius 3 is 2.10 bits per heavy atom. The zero-order valence-corrected chi connectivity index (χ0v) is 23.5. The molecule has 5 aliphatic rings. The van der Waals surface area contributed by atoms with Crippen molar-refractivity contribution >= 4 is 27.3 Å². The lowest BCUT2D eigenvalue weighted by Crippen LogP contribution is -2.48. The largest absolute Gasteiger partial charge is 0.486 e. The molecule has 0 radical (unpaired) electrons. The van der Waals surface area contributed by atoms with Crippen LogP contribution in [-0.2, 0) is 20.2 Å². The molecule has 41 heavy (non-hydrogen) atoms. The Kier molecular flexibility index (Phi) is 6.45. The van der Waals surface area contributed by atoms with Crippen molar-refractivity contribution in [1.82, 2.24) is 0 Å². The molecule has 1 aliphatic heterocycles. The van der Waals surface area contributed by atoms with Crippen molar-refractivity contribution in [2.45, 2.75) is 48.8 Å². The average molecular weight is 577 g/mol. The summed E-state index contributed by atoms with van der Waals surface area (Å²) >= 11 is 0. The summed E-state index contributed by atoms with van der Waals surface area (Å²) in [5, 5.41) is 2.86. The second-order valence-electron chi connectivity index (χ2n) is 12.1. The molecular weight excluding hydrogens is 543 g/mol. The van der Waals surface area contributed by atoms with Gasteiger partial charge in [0.2, 0.25) is 5.91 Å². The minimum absolute atomic E-state index is 0.0567. The number of sulfonamides is 1. The number of amides is 1. The smallest absolute Gasteiger partial charge is 0.264 e. The van der Waals surface area contributed by atoms with Crippen LogP contribution in [0.1, 0.15) is 44.1 Å². The zero-order valence-electron chi connectivity index (χ0n) is 22.7. The summed E-state index contributed by atoms with van der Waals surface area (Å²) < 4.78 is 53.4. The summed E-state index contributed by atoms with van der Waals surface area (Å²) in [6.45, 7) is 0.200. The number of nitrogens with one attached hydrogen (secondary N) is 1. The van der Waals surface area contributed by atoms with Crippen LogP contribution in [0.4, 0.5) is 15.8 Å². The lowest BCUT2D eigenvalue weighted by Gasteiger charge is -2.57. The van der Waals surface area contributed by atoms with Gasteiger partial charge in [0.05, 0.1) is 10.6 Å². The molecule has 0 unspecified atom stereocenters. The van der Waals surface area contributed by atoms with Crippen LogP contribution >= 0.6 is 0 Å². The SMILES string of the molecule is O=C(CN(c1ccc(F)cc1)S(=O)(=O)c1ccc2c(c1)OCCO2)Nc1ccc(C23CC4CC(CC(C4)C2)C3)cc1. The third-order valence-corrected chi connectivity index (χ3v) is 11.1. The standard InChI is InChI=1S/C32H33FN2O5S/c33-25-3-7-27(8-4-25)35(41(37,38)28-9-10-29-30(16-28)40-12-11-39-29)20-31(36)34-26-5-1-24(2-6-26)32-17-21-13-22(18-32)15-23(14-21)19-32/h1-10,16,21-23H,11-15,17-20H2,(H,34,36). The van der Waals surface area contributed by atoms with Crippen LogP contribution in [0.5, 0.6) is 11.5 Å². The molecular formula is C32H33FN2O5S. The number of anilines is 2. The van der Waals surface area contributed by atoms with Gasteiger partial charge in [0.1, 0.15) is 25.6 Å². The lowest BCUT2D eigenvalue weighted by molar-refractivity contribution is -0.114. The summed E-state index contributed by atoms with van der Waals surface area (Å²) in [6, 6.07) is 17.5. The molecule has 7 nitrogen and oxygen atoms in total. The molecule has 1 heterocycles. The number of hydrogen-bond acceptors (Lipinski definition) is 5. The minimum atomic E-state index is -4.21. The number of carbonyl (C=O) groups is 1. The highest BCUT2D eigenvalue weighted by Crippen LogP contribution is 2.60. The van der Waals surface area contributed by atoms with Crippen LogP contribution in [0.25, 0.3) is 0 Å². The quantitative estimate of drug-likeness (QED) is 0.379. The Balaban J connectivity index is 1.11. The van der Waals surface area contributed by atoms with Gasteiger partial charge in [-0.2, -0.15) is 0 Å². The summed E-state index contributed by atoms with van der Waals surface area (Å²) in [4.78, 5) is 13.2. The highest BCUT2D eigenvalue weighted by atomic mass is 32.2. The van der Waals surface area contributed by atoms with E-state index in [2.05, 4.69) is 17.4 Å². The van der Waals surface area contributed by atoms with Crippen molar-refractivity contribution in [3.8, 4) is 11.5 Å². The fourth-order valence-electron chi connectivity index (χ4n) is 7.94. The van der Waals surface area contributed by atoms with Crippen molar-refractivity contribution in [3.63, 3.8) is 0 Å². The topological polar surface area (TPSA) is 84.9 Å². The molecule has 4 aliphatic carbocycles. The van der Waals surface area contributed by atoms with Gasteiger partial charge in [-0.25, -0.2) is 12.8 Å². The van der Waals surface area contributed by atoms with E-state index in [9.17, 15) is 17.6 Å². The maximum Gasteiger partial charge on any atom is 0.264 e. The van der Waals surface area contributed by atoms with Gasteiger partial charge in [0.15, 0.2) is 11.5 Å². The first-order valence-corrected chi connectivity index (χ1v) is 15.8. The molecule has 9 heteroatoms. The number of rotatable bonds is 7. The summed E-state index contributed by atoms with van der Waals surface area (Å²) in [6.07, 6.45) is 7.92. The van der Waals surface area contributed by atoms with Crippen LogP contribution in [0.2, 0.25) is 0 Å². The van der Waals surface area contributed by atoms with E-state index in [1.54, 1.807) is 0 Å². The normalized spacial score (nSPS) is 26.0. The first-order valence-electron chi connectivity index (χ1n) is 14.4. The van der Waals surface area contributed by atoms with E-state index in [0.717, 1.165) is 22.1 Å². The highest BCUT2D eigenvalue weighted by molar-refractivity contribution is 7.92. The molecule has 0 atom stereocenters. The fraction of sp³-hybridized carbons (Fsp3) is 0.406. The van der Waals surface area contributed by atoms with Crippen molar-refractivity contribution in [3.05, 3.63) is 78.1 Å². The molecule has 4 fully saturated rings. The van der Waals surface area contributed by atoms with E-state index < -0.39 is 28.3 Å². The van der Waals surface area contributed by atoms with Gasteiger partial charge in [-0.15, -0.1) is 0 Å². The Hall–Kier alpha value is -3.59. The third-order valence-electron chi connectivity index (χ3n) is 9.32. The number of fused-ring (bicyclic) bond motifs is 1. The predicted molar refractivity (Wildman–Crippen MR) is 153 cm³/mol. The molecule has 1 N–H and O–H groups in total. The lowest BCUT2D eigenvalue weighted by atomic mass is 9.48. The molecule has 0 saturated heterocycles. The predicted octanol–water partition coefficient (Wildman–Crippen LogP) is 5.90. The molecule has 3 aromatic carbocycles. The maximum absolute atomic E-state index is 13.8. The van der Waals surface area contributed by atoms with Crippen LogP contribution in [0.15, 0.2) is 71.6 Å². The van der Waals surface area contributed by atoms with E-state index >= 15 is 0 Å². The molecule has 0 spiro atoms. The Bertz CT molecular complexity index is 1540. The van der Waals surface area contributed by atoms with Gasteiger partial charge in [-0.05, 0) is 116 Å². The van der Waals surface area contributed by atoms with Crippen LogP contribution in [-0.4, -0.2) is 34.1 Å². The van der Waals surface area contributed by atoms with Gasteiger partial charge in [0, 0.05) is 11.8 Å². The van der Waals surface area contributed by atoms with Crippen molar-refractivity contribution in [1.29, 1.82) is 0 Å². The molecule has 0 aromatic heterocycles. The van der Waals surface area contributed by atoms with Crippen molar-refractivity contribution < 1.29 is 27.1 Å². The fourth-order valence-corrected chi connectivity index (χ4v) is 9.37. The highest BCUT2D eigenvalue weighted by Gasteiger charge is 2.51. The third kappa shape index (κ3) is 4.94. The first-order chi connectivity index (χ1) is 19.8. The van der Waals surface area contributed by atoms with Gasteiger partial charge >= 0.3 is 0 Å². The molecule has 3 aromatic rings. The molecule has 4 saturated carbocycles. The van der Waals surface area contributed by atoms with Gasteiger partial charge in [-0.3, -0.25) is 9.10 Å². The second kappa shape index (κ2) is 10.0. The molecule has 214 valence electrons. The number of benzene rings is 3. The zero-order chi connectivity index (χ0) is 28.2. The summed E-state index contributed by atoms with van der Waals surface area (Å²) in [7, 11) is -4.21. The average Bonchev–Trinajstić information content (AvgIpc) is 2.96. The minimum Gasteiger partial charge on any atom is -0.486 e. The number of hydrogen-bond donors (Lipinski definition) is 1. The maximum atomic E-state index is 13.8. The number of nitrogens with zero attached hydrogens (tertiary/aromatic N) is 1. The van der Waals surface area contributed by atoms with E-state index in [1.807, 2.05) is 12.1 Å². The van der Waals surface area contributed by atoms with Crippen LogP contribution in [0.3, 0.4) is 0 Å². The monoisotopic (exact) mass is 576 g/mol. The molecule has 4 bridgehead atoms. The summed E-state index contributed by atoms with van der Waals surface area (Å²) in [5.74, 6) is 2.29. The first kappa shape index (κ1) is 26.3. The second-order valence-corrected chi connectivity index (χ2v) is 14.0. The number of ether oxygens (including phenoxy) is 2. The van der Waals surface area contributed by atoms with E-state index in [0.29, 0.717) is 30.4 Å².